The Morgan fingerprint density at radius 1 is 1.17 bits per heavy atom. The number of pyridine rings is 1. The molecule has 0 radical (unpaired) electrons. The molecule has 0 aliphatic carbocycles. The summed E-state index contributed by atoms with van der Waals surface area (Å²) in [7, 11) is 1.69. The number of nitriles is 1. The second kappa shape index (κ2) is 11.1. The van der Waals surface area contributed by atoms with Crippen molar-refractivity contribution < 1.29 is 4.79 Å². The molecule has 0 bridgehead atoms. The van der Waals surface area contributed by atoms with Crippen molar-refractivity contribution >= 4 is 23.1 Å². The zero-order chi connectivity index (χ0) is 24.6. The van der Waals surface area contributed by atoms with Gasteiger partial charge in [-0.15, -0.1) is 0 Å². The highest BCUT2D eigenvalue weighted by molar-refractivity contribution is 6.10. The van der Waals surface area contributed by atoms with E-state index >= 15 is 0 Å². The molecule has 1 atom stereocenters. The number of ketones is 1. The average molecular weight is 463 g/mol. The summed E-state index contributed by atoms with van der Waals surface area (Å²) >= 11 is 0. The van der Waals surface area contributed by atoms with Crippen molar-refractivity contribution in [3.63, 3.8) is 0 Å². The Balaban J connectivity index is 1.58. The van der Waals surface area contributed by atoms with Gasteiger partial charge in [0.05, 0.1) is 35.0 Å². The minimum atomic E-state index is -0.519. The highest BCUT2D eigenvalue weighted by atomic mass is 16.1. The first-order valence-corrected chi connectivity index (χ1v) is 11.3. The molecule has 35 heavy (non-hydrogen) atoms. The Morgan fingerprint density at radius 2 is 1.94 bits per heavy atom. The second-order valence-corrected chi connectivity index (χ2v) is 8.04. The molecule has 0 saturated heterocycles. The van der Waals surface area contributed by atoms with Crippen LogP contribution in [0.2, 0.25) is 0 Å². The number of aliphatic imine (C=N–C) groups is 1. The summed E-state index contributed by atoms with van der Waals surface area (Å²) in [6.07, 6.45) is 7.35. The van der Waals surface area contributed by atoms with Crippen LogP contribution in [0.1, 0.15) is 38.7 Å². The number of nitrogens with two attached hydrogens (primary N) is 1. The molecule has 1 unspecified atom stereocenters. The van der Waals surface area contributed by atoms with Crippen molar-refractivity contribution in [1.29, 1.82) is 5.26 Å². The number of aromatic nitrogens is 2. The summed E-state index contributed by atoms with van der Waals surface area (Å²) in [5, 5.41) is 16.8. The highest BCUT2D eigenvalue weighted by Crippen LogP contribution is 2.23. The van der Waals surface area contributed by atoms with Gasteiger partial charge in [0.1, 0.15) is 0 Å². The molecule has 0 spiro atoms. The fraction of sp³-hybridized carbons (Fsp3) is 0.143. The van der Waals surface area contributed by atoms with Crippen LogP contribution in [0.5, 0.6) is 0 Å². The molecular weight excluding hydrogens is 436 g/mol. The fourth-order valence-electron chi connectivity index (χ4n) is 3.97. The maximum Gasteiger partial charge on any atom is 0.188 e. The number of nitrogens with zero attached hydrogens (tertiary/aromatic N) is 4. The molecule has 0 amide bonds. The average Bonchev–Trinajstić information content (AvgIpc) is 3.33. The molecule has 0 saturated carbocycles. The van der Waals surface area contributed by atoms with Crippen LogP contribution in [0.4, 0.5) is 0 Å². The summed E-state index contributed by atoms with van der Waals surface area (Å²) in [5.74, 6) is -0.0523. The van der Waals surface area contributed by atoms with Gasteiger partial charge in [0.2, 0.25) is 0 Å². The predicted octanol–water partition coefficient (Wildman–Crippen LogP) is 3.96. The summed E-state index contributed by atoms with van der Waals surface area (Å²) in [5.41, 5.74) is 11.2. The standard InChI is InChI=1S/C28H26N6O/c1-31-17-24(16-30)23-11-12-26-25(18-33-34(26)19-23)28(35)27(22-5-3-2-4-6-22)32-14-13-20-7-9-21(15-29)10-8-20/h2-12,16-19,27,32H,13-14,30H2,1H3. The summed E-state index contributed by atoms with van der Waals surface area (Å²) < 4.78 is 1.69. The number of rotatable bonds is 9. The molecular formula is C28H26N6O. The molecule has 7 heteroatoms. The van der Waals surface area contributed by atoms with Crippen molar-refractivity contribution in [3.8, 4) is 6.07 Å². The Bertz CT molecular complexity index is 1410. The first-order chi connectivity index (χ1) is 17.1. The van der Waals surface area contributed by atoms with Gasteiger partial charge in [-0.3, -0.25) is 9.79 Å². The summed E-state index contributed by atoms with van der Waals surface area (Å²) in [6, 6.07) is 22.6. The number of Topliss-reactive ketones (excluding diaryl/α,β-unsaturated/α-hetero) is 1. The van der Waals surface area contributed by atoms with Gasteiger partial charge >= 0.3 is 0 Å². The minimum Gasteiger partial charge on any atom is -0.404 e. The number of fused-ring (bicyclic) bond motifs is 1. The maximum atomic E-state index is 13.7. The monoisotopic (exact) mass is 462 g/mol. The zero-order valence-corrected chi connectivity index (χ0v) is 19.4. The summed E-state index contributed by atoms with van der Waals surface area (Å²) in [6.45, 7) is 0.599. The molecule has 3 N–H and O–H groups in total. The van der Waals surface area contributed by atoms with Crippen LogP contribution < -0.4 is 11.1 Å². The van der Waals surface area contributed by atoms with Gasteiger partial charge < -0.3 is 11.1 Å². The number of benzene rings is 2. The number of carbonyl (C=O) groups is 1. The van der Waals surface area contributed by atoms with E-state index in [-0.39, 0.29) is 5.78 Å². The van der Waals surface area contributed by atoms with Crippen LogP contribution in [-0.4, -0.2) is 35.2 Å². The Kier molecular flexibility index (Phi) is 7.46. The molecule has 2 aromatic heterocycles. The quantitative estimate of drug-likeness (QED) is 0.289. The van der Waals surface area contributed by atoms with E-state index in [0.717, 1.165) is 34.2 Å². The first-order valence-electron chi connectivity index (χ1n) is 11.3. The molecule has 0 aliphatic heterocycles. The van der Waals surface area contributed by atoms with E-state index in [2.05, 4.69) is 21.5 Å². The maximum absolute atomic E-state index is 13.7. The van der Waals surface area contributed by atoms with Crippen molar-refractivity contribution in [2.24, 2.45) is 10.7 Å². The van der Waals surface area contributed by atoms with Crippen molar-refractivity contribution in [2.45, 2.75) is 12.5 Å². The Hall–Kier alpha value is -4.54. The molecule has 2 heterocycles. The van der Waals surface area contributed by atoms with Gasteiger partial charge in [0.25, 0.3) is 0 Å². The third kappa shape index (κ3) is 5.35. The minimum absolute atomic E-state index is 0.0523. The second-order valence-electron chi connectivity index (χ2n) is 8.04. The van der Waals surface area contributed by atoms with Gasteiger partial charge in [-0.25, -0.2) is 4.52 Å². The number of nitrogens with one attached hydrogen (secondary N) is 1. The summed E-state index contributed by atoms with van der Waals surface area (Å²) in [4.78, 5) is 17.8. The fourth-order valence-corrected chi connectivity index (χ4v) is 3.97. The van der Waals surface area contributed by atoms with E-state index in [9.17, 15) is 4.79 Å². The lowest BCUT2D eigenvalue weighted by Crippen LogP contribution is -2.30. The molecule has 2 aromatic carbocycles. The molecule has 7 nitrogen and oxygen atoms in total. The van der Waals surface area contributed by atoms with E-state index < -0.39 is 6.04 Å². The molecule has 174 valence electrons. The van der Waals surface area contributed by atoms with E-state index in [4.69, 9.17) is 11.0 Å². The SMILES string of the molecule is CN=CC(=CN)c1ccc2c(C(=O)C(NCCc3ccc(C#N)cc3)c3ccccc3)cnn2c1. The van der Waals surface area contributed by atoms with E-state index in [1.54, 1.807) is 36.1 Å². The number of allylic oxidation sites excluding steroid dienone is 1. The van der Waals surface area contributed by atoms with Crippen molar-refractivity contribution in [2.75, 3.05) is 13.6 Å². The van der Waals surface area contributed by atoms with E-state index in [1.165, 1.54) is 6.20 Å². The van der Waals surface area contributed by atoms with Crippen LogP contribution in [0.25, 0.3) is 11.1 Å². The van der Waals surface area contributed by atoms with Gasteiger partial charge in [-0.05, 0) is 35.7 Å². The van der Waals surface area contributed by atoms with E-state index in [0.29, 0.717) is 17.7 Å². The first kappa shape index (κ1) is 23.6. The third-order valence-corrected chi connectivity index (χ3v) is 5.80. The smallest absolute Gasteiger partial charge is 0.188 e. The van der Waals surface area contributed by atoms with Gasteiger partial charge in [-0.1, -0.05) is 48.5 Å². The van der Waals surface area contributed by atoms with Crippen LogP contribution in [0.15, 0.2) is 90.3 Å². The lowest BCUT2D eigenvalue weighted by atomic mass is 9.97. The topological polar surface area (TPSA) is 109 Å². The van der Waals surface area contributed by atoms with Gasteiger partial charge in [0.15, 0.2) is 5.78 Å². The zero-order valence-electron chi connectivity index (χ0n) is 19.4. The predicted molar refractivity (Wildman–Crippen MR) is 138 cm³/mol. The van der Waals surface area contributed by atoms with Gasteiger partial charge in [-0.2, -0.15) is 10.4 Å². The Morgan fingerprint density at radius 3 is 2.63 bits per heavy atom. The van der Waals surface area contributed by atoms with Crippen LogP contribution in [0, 0.1) is 11.3 Å². The molecule has 4 rings (SSSR count). The van der Waals surface area contributed by atoms with Crippen LogP contribution in [0.3, 0.4) is 0 Å². The normalized spacial score (nSPS) is 12.6. The molecule has 0 fully saturated rings. The number of carbonyl (C=O) groups excluding carboxylic acids is 1. The van der Waals surface area contributed by atoms with Gasteiger partial charge in [0, 0.05) is 43.3 Å². The lowest BCUT2D eigenvalue weighted by molar-refractivity contribution is 0.0945. The molecule has 0 aliphatic rings. The molecule has 4 aromatic rings. The largest absolute Gasteiger partial charge is 0.404 e. The Labute approximate surface area is 204 Å². The number of hydrogen-bond donors (Lipinski definition) is 2. The van der Waals surface area contributed by atoms with Crippen molar-refractivity contribution in [1.82, 2.24) is 14.9 Å². The highest BCUT2D eigenvalue weighted by Gasteiger charge is 2.24. The van der Waals surface area contributed by atoms with E-state index in [1.807, 2.05) is 60.8 Å². The number of hydrogen-bond acceptors (Lipinski definition) is 6. The lowest BCUT2D eigenvalue weighted by Gasteiger charge is -2.18. The third-order valence-electron chi connectivity index (χ3n) is 5.80. The van der Waals surface area contributed by atoms with Crippen LogP contribution in [-0.2, 0) is 6.42 Å². The van der Waals surface area contributed by atoms with Crippen molar-refractivity contribution in [3.05, 3.63) is 113 Å². The van der Waals surface area contributed by atoms with Crippen LogP contribution >= 0.6 is 0 Å².